The number of fused-ring (bicyclic) bond motifs is 1. The first-order chi connectivity index (χ1) is 10.2. The molecule has 0 spiro atoms. The molecule has 1 aromatic carbocycles. The Balaban J connectivity index is 1.91. The minimum Gasteiger partial charge on any atom is -0.309 e. The standard InChI is InChI=1S/C16H18BrFN2S/c1-2-8-19-13-4-3-5-14-15(13)20-16(21-14)10-6-7-11(17)12(18)9-10/h6-7,9,13,19H,2-5,8H2,1H3. The number of nitrogens with one attached hydrogen (secondary N) is 1. The molecule has 2 nitrogen and oxygen atoms in total. The molecule has 21 heavy (non-hydrogen) atoms. The third kappa shape index (κ3) is 3.20. The van der Waals surface area contributed by atoms with E-state index in [1.54, 1.807) is 23.5 Å². The van der Waals surface area contributed by atoms with E-state index in [2.05, 4.69) is 28.2 Å². The molecule has 0 fully saturated rings. The van der Waals surface area contributed by atoms with Crippen molar-refractivity contribution in [3.63, 3.8) is 0 Å². The van der Waals surface area contributed by atoms with E-state index in [9.17, 15) is 4.39 Å². The fourth-order valence-corrected chi connectivity index (χ4v) is 4.10. The van der Waals surface area contributed by atoms with Crippen LogP contribution >= 0.6 is 27.3 Å². The van der Waals surface area contributed by atoms with E-state index in [1.807, 2.05) is 6.07 Å². The highest BCUT2D eigenvalue weighted by atomic mass is 79.9. The van der Waals surface area contributed by atoms with Crippen LogP contribution in [-0.2, 0) is 6.42 Å². The van der Waals surface area contributed by atoms with Gasteiger partial charge in [0, 0.05) is 10.4 Å². The minimum atomic E-state index is -0.235. The van der Waals surface area contributed by atoms with Gasteiger partial charge in [-0.25, -0.2) is 9.37 Å². The van der Waals surface area contributed by atoms with Crippen LogP contribution in [0.1, 0.15) is 42.8 Å². The third-order valence-electron chi connectivity index (χ3n) is 3.76. The van der Waals surface area contributed by atoms with Crippen molar-refractivity contribution in [2.45, 2.75) is 38.6 Å². The highest BCUT2D eigenvalue weighted by molar-refractivity contribution is 9.10. The van der Waals surface area contributed by atoms with Crippen molar-refractivity contribution in [3.8, 4) is 10.6 Å². The van der Waals surface area contributed by atoms with Crippen LogP contribution in [0.5, 0.6) is 0 Å². The van der Waals surface area contributed by atoms with Crippen LogP contribution in [-0.4, -0.2) is 11.5 Å². The Bertz CT molecular complexity index is 641. The lowest BCUT2D eigenvalue weighted by atomic mass is 9.97. The van der Waals surface area contributed by atoms with Crippen LogP contribution in [0.15, 0.2) is 22.7 Å². The van der Waals surface area contributed by atoms with Crippen molar-refractivity contribution in [2.75, 3.05) is 6.54 Å². The largest absolute Gasteiger partial charge is 0.309 e. The Morgan fingerprint density at radius 1 is 1.48 bits per heavy atom. The molecule has 0 radical (unpaired) electrons. The molecule has 1 aliphatic carbocycles. The summed E-state index contributed by atoms with van der Waals surface area (Å²) >= 11 is 4.90. The number of hydrogen-bond acceptors (Lipinski definition) is 3. The molecule has 0 aliphatic heterocycles. The summed E-state index contributed by atoms with van der Waals surface area (Å²) < 4.78 is 14.2. The van der Waals surface area contributed by atoms with Crippen LogP contribution < -0.4 is 5.32 Å². The lowest BCUT2D eigenvalue weighted by molar-refractivity contribution is 0.454. The van der Waals surface area contributed by atoms with E-state index in [0.29, 0.717) is 10.5 Å². The van der Waals surface area contributed by atoms with Gasteiger partial charge in [-0.15, -0.1) is 11.3 Å². The van der Waals surface area contributed by atoms with Gasteiger partial charge < -0.3 is 5.32 Å². The van der Waals surface area contributed by atoms with Gasteiger partial charge in [0.25, 0.3) is 0 Å². The van der Waals surface area contributed by atoms with E-state index in [4.69, 9.17) is 4.98 Å². The van der Waals surface area contributed by atoms with Crippen LogP contribution in [0.2, 0.25) is 0 Å². The summed E-state index contributed by atoms with van der Waals surface area (Å²) in [7, 11) is 0. The van der Waals surface area contributed by atoms with Crippen molar-refractivity contribution < 1.29 is 4.39 Å². The van der Waals surface area contributed by atoms with E-state index in [0.717, 1.165) is 36.4 Å². The first kappa shape index (κ1) is 15.1. The molecule has 1 aliphatic rings. The summed E-state index contributed by atoms with van der Waals surface area (Å²) in [5.41, 5.74) is 2.04. The van der Waals surface area contributed by atoms with Gasteiger partial charge in [-0.2, -0.15) is 0 Å². The first-order valence-electron chi connectivity index (χ1n) is 7.37. The van der Waals surface area contributed by atoms with Gasteiger partial charge in [0.2, 0.25) is 0 Å². The maximum atomic E-state index is 13.7. The number of halogens is 2. The first-order valence-corrected chi connectivity index (χ1v) is 8.98. The zero-order valence-electron chi connectivity index (χ0n) is 12.0. The molecule has 112 valence electrons. The van der Waals surface area contributed by atoms with E-state index in [-0.39, 0.29) is 5.82 Å². The molecule has 1 heterocycles. The summed E-state index contributed by atoms with van der Waals surface area (Å²) in [6, 6.07) is 5.59. The number of aromatic nitrogens is 1. The normalized spacial score (nSPS) is 17.8. The van der Waals surface area contributed by atoms with Crippen LogP contribution in [0.4, 0.5) is 4.39 Å². The second kappa shape index (κ2) is 6.55. The van der Waals surface area contributed by atoms with Crippen molar-refractivity contribution in [3.05, 3.63) is 39.1 Å². The zero-order chi connectivity index (χ0) is 14.8. The molecular weight excluding hydrogens is 351 g/mol. The molecule has 1 unspecified atom stereocenters. The number of hydrogen-bond donors (Lipinski definition) is 1. The third-order valence-corrected chi connectivity index (χ3v) is 5.58. The summed E-state index contributed by atoms with van der Waals surface area (Å²) in [5, 5.41) is 4.50. The number of rotatable bonds is 4. The Morgan fingerprint density at radius 3 is 3.10 bits per heavy atom. The van der Waals surface area contributed by atoms with Crippen LogP contribution in [0.25, 0.3) is 10.6 Å². The van der Waals surface area contributed by atoms with Crippen molar-refractivity contribution in [1.82, 2.24) is 10.3 Å². The number of thiazole rings is 1. The predicted molar refractivity (Wildman–Crippen MR) is 89.2 cm³/mol. The lowest BCUT2D eigenvalue weighted by Crippen LogP contribution is -2.25. The molecule has 0 saturated heterocycles. The van der Waals surface area contributed by atoms with Gasteiger partial charge in [0.1, 0.15) is 10.8 Å². The number of nitrogens with zero attached hydrogens (tertiary/aromatic N) is 1. The topological polar surface area (TPSA) is 24.9 Å². The highest BCUT2D eigenvalue weighted by Crippen LogP contribution is 2.37. The molecule has 1 atom stereocenters. The SMILES string of the molecule is CCCNC1CCCc2sc(-c3ccc(Br)c(F)c3)nc21. The average molecular weight is 369 g/mol. The minimum absolute atomic E-state index is 0.235. The molecule has 5 heteroatoms. The molecule has 0 amide bonds. The second-order valence-electron chi connectivity index (χ2n) is 5.36. The quantitative estimate of drug-likeness (QED) is 0.812. The summed E-state index contributed by atoms with van der Waals surface area (Å²) in [4.78, 5) is 6.15. The second-order valence-corrected chi connectivity index (χ2v) is 7.29. The average Bonchev–Trinajstić information content (AvgIpc) is 2.92. The van der Waals surface area contributed by atoms with Gasteiger partial charge in [0.05, 0.1) is 16.2 Å². The van der Waals surface area contributed by atoms with E-state index < -0.39 is 0 Å². The summed E-state index contributed by atoms with van der Waals surface area (Å²) in [6.45, 7) is 3.19. The molecule has 3 rings (SSSR count). The smallest absolute Gasteiger partial charge is 0.138 e. The van der Waals surface area contributed by atoms with Gasteiger partial charge >= 0.3 is 0 Å². The fraction of sp³-hybridized carbons (Fsp3) is 0.438. The van der Waals surface area contributed by atoms with Crippen molar-refractivity contribution in [1.29, 1.82) is 0 Å². The Kier molecular flexibility index (Phi) is 4.72. The number of benzene rings is 1. The fourth-order valence-electron chi connectivity index (χ4n) is 2.69. The molecular formula is C16H18BrFN2S. The van der Waals surface area contributed by atoms with Gasteiger partial charge in [-0.05, 0) is 60.3 Å². The van der Waals surface area contributed by atoms with Crippen molar-refractivity contribution in [2.24, 2.45) is 0 Å². The molecule has 2 aromatic rings. The summed E-state index contributed by atoms with van der Waals surface area (Å²) in [5.74, 6) is -0.235. The number of aryl methyl sites for hydroxylation is 1. The Morgan fingerprint density at radius 2 is 2.33 bits per heavy atom. The van der Waals surface area contributed by atoms with E-state index in [1.165, 1.54) is 17.0 Å². The Hall–Kier alpha value is -0.780. The molecule has 1 aromatic heterocycles. The molecule has 0 saturated carbocycles. The zero-order valence-corrected chi connectivity index (χ0v) is 14.4. The highest BCUT2D eigenvalue weighted by Gasteiger charge is 2.24. The van der Waals surface area contributed by atoms with Gasteiger partial charge in [-0.1, -0.05) is 13.0 Å². The van der Waals surface area contributed by atoms with Crippen LogP contribution in [0, 0.1) is 5.82 Å². The van der Waals surface area contributed by atoms with Crippen molar-refractivity contribution >= 4 is 27.3 Å². The maximum absolute atomic E-state index is 13.7. The molecule has 1 N–H and O–H groups in total. The predicted octanol–water partition coefficient (Wildman–Crippen LogP) is 5.09. The summed E-state index contributed by atoms with van der Waals surface area (Å²) in [6.07, 6.45) is 4.56. The van der Waals surface area contributed by atoms with Gasteiger partial charge in [-0.3, -0.25) is 0 Å². The lowest BCUT2D eigenvalue weighted by Gasteiger charge is -2.22. The molecule has 0 bridgehead atoms. The van der Waals surface area contributed by atoms with Crippen LogP contribution in [0.3, 0.4) is 0 Å². The van der Waals surface area contributed by atoms with Gasteiger partial charge in [0.15, 0.2) is 0 Å². The van der Waals surface area contributed by atoms with E-state index >= 15 is 0 Å². The Labute approximate surface area is 136 Å². The monoisotopic (exact) mass is 368 g/mol. The maximum Gasteiger partial charge on any atom is 0.138 e.